The van der Waals surface area contributed by atoms with Crippen molar-refractivity contribution < 1.29 is 0 Å². The zero-order chi connectivity index (χ0) is 43.3. The summed E-state index contributed by atoms with van der Waals surface area (Å²) in [7, 11) is 0. The molecular formula is C63H51N. The number of anilines is 3. The van der Waals surface area contributed by atoms with E-state index in [9.17, 15) is 0 Å². The van der Waals surface area contributed by atoms with Crippen molar-refractivity contribution in [1.82, 2.24) is 0 Å². The first kappa shape index (κ1) is 39.4. The van der Waals surface area contributed by atoms with E-state index in [1.165, 1.54) is 77.5 Å². The lowest BCUT2D eigenvalue weighted by atomic mass is 9.68. The topological polar surface area (TPSA) is 3.24 Å². The van der Waals surface area contributed by atoms with Gasteiger partial charge in [-0.2, -0.15) is 0 Å². The fourth-order valence-corrected chi connectivity index (χ4v) is 10.5. The summed E-state index contributed by atoms with van der Waals surface area (Å²) < 4.78 is 0. The van der Waals surface area contributed by atoms with Crippen LogP contribution in [0.2, 0.25) is 0 Å². The molecule has 2 aliphatic rings. The Morgan fingerprint density at radius 2 is 1.06 bits per heavy atom. The molecule has 0 fully saturated rings. The maximum absolute atomic E-state index is 2.55. The smallest absolute Gasteiger partial charge is 0.0714 e. The number of nitrogens with zero attached hydrogens (tertiary/aromatic N) is 1. The molecule has 0 bridgehead atoms. The van der Waals surface area contributed by atoms with E-state index in [1.807, 2.05) is 0 Å². The molecule has 11 rings (SSSR count). The van der Waals surface area contributed by atoms with Crippen LogP contribution in [0.5, 0.6) is 0 Å². The van der Waals surface area contributed by atoms with Gasteiger partial charge in [-0.05, 0) is 103 Å². The first-order valence-electron chi connectivity index (χ1n) is 22.7. The highest BCUT2D eigenvalue weighted by molar-refractivity contribution is 6.06. The highest BCUT2D eigenvalue weighted by Gasteiger charge is 2.47. The Morgan fingerprint density at radius 3 is 1.72 bits per heavy atom. The maximum atomic E-state index is 2.55. The van der Waals surface area contributed by atoms with E-state index in [1.54, 1.807) is 0 Å². The second kappa shape index (κ2) is 16.0. The van der Waals surface area contributed by atoms with Gasteiger partial charge >= 0.3 is 0 Å². The van der Waals surface area contributed by atoms with Gasteiger partial charge in [-0.1, -0.05) is 233 Å². The lowest BCUT2D eigenvalue weighted by Crippen LogP contribution is -2.28. The molecule has 0 spiro atoms. The molecule has 1 nitrogen and oxygen atoms in total. The molecule has 1 heteroatoms. The van der Waals surface area contributed by atoms with Crippen molar-refractivity contribution in [2.75, 3.05) is 4.90 Å². The van der Waals surface area contributed by atoms with Gasteiger partial charge in [-0.3, -0.25) is 0 Å². The molecule has 0 amide bonds. The number of hydrogen-bond donors (Lipinski definition) is 0. The third-order valence-corrected chi connectivity index (χ3v) is 13.7. The van der Waals surface area contributed by atoms with Crippen LogP contribution in [0.4, 0.5) is 17.1 Å². The molecule has 9 aromatic carbocycles. The lowest BCUT2D eigenvalue weighted by Gasteiger charge is -2.35. The van der Waals surface area contributed by atoms with Crippen LogP contribution >= 0.6 is 0 Å². The number of fused-ring (bicyclic) bond motifs is 4. The summed E-state index contributed by atoms with van der Waals surface area (Å²) in [5.41, 5.74) is 18.2. The highest BCUT2D eigenvalue weighted by atomic mass is 15.1. The monoisotopic (exact) mass is 821 g/mol. The summed E-state index contributed by atoms with van der Waals surface area (Å²) in [6.45, 7) is 6.82. The number of allylic oxidation sites excluding steroid dienone is 4. The van der Waals surface area contributed by atoms with E-state index in [4.69, 9.17) is 0 Å². The summed E-state index contributed by atoms with van der Waals surface area (Å²) >= 11 is 0. The summed E-state index contributed by atoms with van der Waals surface area (Å²) in [5.74, 6) is 0.336. The SMILES string of the molecule is CC(C)(C)c1ccc(-c2ccc(N(c3cccc4c3-c3ccccc3C4(c3ccccc3)c3ccccc3)c3ccc4ccccc4c3C3=CCC(c4ccccc4)C=C3)cc2)cc1. The molecular weight excluding hydrogens is 771 g/mol. The van der Waals surface area contributed by atoms with Crippen LogP contribution in [0.25, 0.3) is 38.6 Å². The van der Waals surface area contributed by atoms with Crippen molar-refractivity contribution in [3.63, 3.8) is 0 Å². The Balaban J connectivity index is 1.16. The van der Waals surface area contributed by atoms with Crippen molar-refractivity contribution in [2.24, 2.45) is 0 Å². The molecule has 0 aliphatic heterocycles. The second-order valence-electron chi connectivity index (χ2n) is 18.4. The Morgan fingerprint density at radius 1 is 0.484 bits per heavy atom. The largest absolute Gasteiger partial charge is 0.309 e. The first-order chi connectivity index (χ1) is 31.4. The Kier molecular flexibility index (Phi) is 9.85. The van der Waals surface area contributed by atoms with Crippen LogP contribution in [0.3, 0.4) is 0 Å². The number of rotatable bonds is 8. The van der Waals surface area contributed by atoms with E-state index >= 15 is 0 Å². The van der Waals surface area contributed by atoms with Gasteiger partial charge in [0, 0.05) is 22.7 Å². The fourth-order valence-electron chi connectivity index (χ4n) is 10.5. The summed E-state index contributed by atoms with van der Waals surface area (Å²) in [4.78, 5) is 2.55. The van der Waals surface area contributed by atoms with Gasteiger partial charge in [0.2, 0.25) is 0 Å². The van der Waals surface area contributed by atoms with Gasteiger partial charge in [-0.25, -0.2) is 0 Å². The van der Waals surface area contributed by atoms with Crippen molar-refractivity contribution in [3.8, 4) is 22.3 Å². The van der Waals surface area contributed by atoms with Crippen LogP contribution in [-0.2, 0) is 10.8 Å². The average Bonchev–Trinajstić information content (AvgIpc) is 3.66. The third kappa shape index (κ3) is 6.63. The molecule has 1 atom stereocenters. The van der Waals surface area contributed by atoms with Gasteiger partial charge in [-0.15, -0.1) is 0 Å². The van der Waals surface area contributed by atoms with Gasteiger partial charge < -0.3 is 4.90 Å². The molecule has 0 N–H and O–H groups in total. The molecule has 9 aromatic rings. The molecule has 1 unspecified atom stereocenters. The third-order valence-electron chi connectivity index (χ3n) is 13.7. The van der Waals surface area contributed by atoms with Gasteiger partial charge in [0.1, 0.15) is 0 Å². The Bertz CT molecular complexity index is 3150. The molecule has 308 valence electrons. The minimum atomic E-state index is -0.521. The normalized spacial score (nSPS) is 15.0. The summed E-state index contributed by atoms with van der Waals surface area (Å²) in [6.07, 6.45) is 8.18. The molecule has 0 saturated carbocycles. The van der Waals surface area contributed by atoms with E-state index in [0.717, 1.165) is 23.5 Å². The van der Waals surface area contributed by atoms with Crippen molar-refractivity contribution in [3.05, 3.63) is 276 Å². The van der Waals surface area contributed by atoms with Crippen molar-refractivity contribution >= 4 is 33.4 Å². The predicted molar refractivity (Wildman–Crippen MR) is 271 cm³/mol. The van der Waals surface area contributed by atoms with E-state index in [0.29, 0.717) is 5.92 Å². The molecule has 64 heavy (non-hydrogen) atoms. The molecule has 0 aromatic heterocycles. The van der Waals surface area contributed by atoms with E-state index in [-0.39, 0.29) is 5.41 Å². The number of hydrogen-bond acceptors (Lipinski definition) is 1. The lowest BCUT2D eigenvalue weighted by molar-refractivity contribution is 0.590. The van der Waals surface area contributed by atoms with Crippen LogP contribution in [0.1, 0.15) is 72.1 Å². The fraction of sp³-hybridized carbons (Fsp3) is 0.111. The Labute approximate surface area is 378 Å². The molecule has 0 saturated heterocycles. The van der Waals surface area contributed by atoms with Gasteiger partial charge in [0.05, 0.1) is 16.8 Å². The first-order valence-corrected chi connectivity index (χ1v) is 22.7. The summed E-state index contributed by atoms with van der Waals surface area (Å²) in [5, 5.41) is 2.47. The second-order valence-corrected chi connectivity index (χ2v) is 18.4. The van der Waals surface area contributed by atoms with E-state index < -0.39 is 5.41 Å². The summed E-state index contributed by atoms with van der Waals surface area (Å²) in [6, 6.07) is 81.1. The van der Waals surface area contributed by atoms with Crippen molar-refractivity contribution in [1.29, 1.82) is 0 Å². The quantitative estimate of drug-likeness (QED) is 0.148. The zero-order valence-corrected chi connectivity index (χ0v) is 36.7. The van der Waals surface area contributed by atoms with Crippen LogP contribution < -0.4 is 4.90 Å². The van der Waals surface area contributed by atoms with Gasteiger partial charge in [0.25, 0.3) is 0 Å². The van der Waals surface area contributed by atoms with Crippen molar-refractivity contribution in [2.45, 2.75) is 43.9 Å². The Hall–Kier alpha value is -7.48. The zero-order valence-electron chi connectivity index (χ0n) is 36.7. The van der Waals surface area contributed by atoms with Gasteiger partial charge in [0.15, 0.2) is 0 Å². The molecule has 2 aliphatic carbocycles. The van der Waals surface area contributed by atoms with Crippen LogP contribution in [0.15, 0.2) is 237 Å². The highest BCUT2D eigenvalue weighted by Crippen LogP contribution is 2.60. The minimum absolute atomic E-state index is 0.0963. The van der Waals surface area contributed by atoms with Crippen LogP contribution in [-0.4, -0.2) is 0 Å². The minimum Gasteiger partial charge on any atom is -0.309 e. The number of benzene rings is 9. The van der Waals surface area contributed by atoms with Crippen LogP contribution in [0, 0.1) is 0 Å². The predicted octanol–water partition coefficient (Wildman–Crippen LogP) is 16.8. The van der Waals surface area contributed by atoms with E-state index in [2.05, 4.69) is 262 Å². The average molecular weight is 822 g/mol. The standard InChI is InChI=1S/C63H51N/c1-62(2,3)50-39-34-46(35-40-50)47-36-41-53(42-37-47)64(59-43-38-48-20-13-14-25-54(48)60(59)49-32-30-45(31-33-49)44-18-7-4-8-19-44)58-29-17-28-57-61(58)55-26-15-16-27-56(55)63(57,51-21-9-5-10-22-51)52-23-11-6-12-24-52/h4-30,32-43,45H,31H2,1-3H3. The molecule has 0 radical (unpaired) electrons. The molecule has 0 heterocycles. The maximum Gasteiger partial charge on any atom is 0.0714 e.